The van der Waals surface area contributed by atoms with Crippen molar-refractivity contribution in [3.05, 3.63) is 97.1 Å². The molecule has 0 aromatic heterocycles. The van der Waals surface area contributed by atoms with Gasteiger partial charge < -0.3 is 20.5 Å². The molecule has 2 amide bonds. The predicted octanol–water partition coefficient (Wildman–Crippen LogP) is 4.80. The van der Waals surface area contributed by atoms with Crippen LogP contribution in [0, 0.1) is 17.3 Å². The molecule has 0 heterocycles. The minimum Gasteiger partial charge on any atom is -0.463 e. The summed E-state index contributed by atoms with van der Waals surface area (Å²) in [4.78, 5) is 39.2. The number of allylic oxidation sites excluding steroid dienone is 2. The molecule has 0 radical (unpaired) electrons. The third-order valence-corrected chi connectivity index (χ3v) is 7.03. The third-order valence-electron chi connectivity index (χ3n) is 7.03. The monoisotopic (exact) mass is 562 g/mol. The van der Waals surface area contributed by atoms with Gasteiger partial charge in [0, 0.05) is 6.42 Å². The van der Waals surface area contributed by atoms with Crippen molar-refractivity contribution in [2.75, 3.05) is 13.2 Å². The van der Waals surface area contributed by atoms with Crippen LogP contribution >= 0.6 is 0 Å². The zero-order chi connectivity index (χ0) is 30.3. The highest BCUT2D eigenvalue weighted by Crippen LogP contribution is 2.23. The molecule has 7 heteroatoms. The molecule has 0 aliphatic heterocycles. The standard InChI is InChI=1S/C34H46N2O5/c1-6-14-27(22-31(38)35-29(23-37)21-26-18-12-9-13-19-26)32(39)36-30(34(3,4)5)24-41-33(40)28(15-7-2)20-25-16-10-8-11-17-25/h6-13,16-19,27-30,37H,1-2,14-15,20-24H2,3-5H3,(H,35,38)(H,36,39)/t27-,28+,29-,30-/m1/s1. The highest BCUT2D eigenvalue weighted by molar-refractivity contribution is 5.86. The molecule has 41 heavy (non-hydrogen) atoms. The van der Waals surface area contributed by atoms with Crippen LogP contribution in [0.25, 0.3) is 0 Å². The van der Waals surface area contributed by atoms with Gasteiger partial charge in [-0.05, 0) is 42.2 Å². The van der Waals surface area contributed by atoms with Crippen LogP contribution < -0.4 is 10.6 Å². The van der Waals surface area contributed by atoms with Gasteiger partial charge >= 0.3 is 5.97 Å². The first-order valence-corrected chi connectivity index (χ1v) is 14.2. The number of carbonyl (C=O) groups excluding carboxylic acids is 3. The number of ether oxygens (including phenoxy) is 1. The highest BCUT2D eigenvalue weighted by atomic mass is 16.5. The number of carbonyl (C=O) groups is 3. The number of aliphatic hydroxyl groups is 1. The lowest BCUT2D eigenvalue weighted by atomic mass is 9.86. The van der Waals surface area contributed by atoms with Crippen LogP contribution in [-0.4, -0.2) is 48.2 Å². The van der Waals surface area contributed by atoms with Crippen molar-refractivity contribution in [2.45, 2.75) is 65.0 Å². The molecular formula is C34H46N2O5. The summed E-state index contributed by atoms with van der Waals surface area (Å²) >= 11 is 0. The normalized spacial score (nSPS) is 14.1. The fraction of sp³-hybridized carbons (Fsp3) is 0.441. The van der Waals surface area contributed by atoms with Crippen molar-refractivity contribution in [1.82, 2.24) is 10.6 Å². The summed E-state index contributed by atoms with van der Waals surface area (Å²) < 4.78 is 5.73. The van der Waals surface area contributed by atoms with Crippen molar-refractivity contribution in [2.24, 2.45) is 17.3 Å². The summed E-state index contributed by atoms with van der Waals surface area (Å²) in [6.45, 7) is 13.2. The zero-order valence-corrected chi connectivity index (χ0v) is 24.7. The van der Waals surface area contributed by atoms with E-state index in [1.807, 2.05) is 81.4 Å². The second-order valence-electron chi connectivity index (χ2n) is 11.5. The quantitative estimate of drug-likeness (QED) is 0.190. The predicted molar refractivity (Wildman–Crippen MR) is 163 cm³/mol. The largest absolute Gasteiger partial charge is 0.463 e. The van der Waals surface area contributed by atoms with Gasteiger partial charge in [-0.1, -0.05) is 93.6 Å². The van der Waals surface area contributed by atoms with E-state index in [1.165, 1.54) is 0 Å². The molecule has 0 fully saturated rings. The first kappa shape index (κ1) is 33.5. The molecular weight excluding hydrogens is 516 g/mol. The molecule has 0 spiro atoms. The summed E-state index contributed by atoms with van der Waals surface area (Å²) in [5.41, 5.74) is 1.62. The van der Waals surface area contributed by atoms with Gasteiger partial charge in [0.15, 0.2) is 0 Å². The SMILES string of the molecule is C=CC[C@H](CC(=O)N[C@@H](CO)Cc1ccccc1)C(=O)N[C@H](COC(=O)[C@@H](CC=C)Cc1ccccc1)C(C)(C)C. The lowest BCUT2D eigenvalue weighted by Crippen LogP contribution is -2.50. The molecule has 7 nitrogen and oxygen atoms in total. The molecule has 3 N–H and O–H groups in total. The van der Waals surface area contributed by atoms with Crippen LogP contribution in [0.15, 0.2) is 86.0 Å². The maximum absolute atomic E-state index is 13.4. The van der Waals surface area contributed by atoms with E-state index in [4.69, 9.17) is 4.74 Å². The van der Waals surface area contributed by atoms with E-state index >= 15 is 0 Å². The van der Waals surface area contributed by atoms with E-state index in [1.54, 1.807) is 12.2 Å². The Kier molecular flexibility index (Phi) is 14.0. The number of amides is 2. The molecule has 0 aliphatic carbocycles. The Morgan fingerprint density at radius 1 is 0.854 bits per heavy atom. The first-order valence-electron chi connectivity index (χ1n) is 14.2. The van der Waals surface area contributed by atoms with Crippen LogP contribution in [0.2, 0.25) is 0 Å². The average molecular weight is 563 g/mol. The Labute approximate surface area is 245 Å². The van der Waals surface area contributed by atoms with E-state index < -0.39 is 23.4 Å². The van der Waals surface area contributed by atoms with Crippen LogP contribution in [0.4, 0.5) is 0 Å². The van der Waals surface area contributed by atoms with Gasteiger partial charge in [0.05, 0.1) is 30.5 Å². The van der Waals surface area contributed by atoms with Crippen LogP contribution in [0.1, 0.15) is 51.2 Å². The van der Waals surface area contributed by atoms with Gasteiger partial charge in [0.2, 0.25) is 11.8 Å². The Morgan fingerprint density at radius 3 is 1.90 bits per heavy atom. The molecule has 0 aliphatic rings. The fourth-order valence-electron chi connectivity index (χ4n) is 4.50. The highest BCUT2D eigenvalue weighted by Gasteiger charge is 2.32. The Balaban J connectivity index is 2.01. The Hall–Kier alpha value is -3.71. The molecule has 2 aromatic carbocycles. The van der Waals surface area contributed by atoms with Crippen molar-refractivity contribution >= 4 is 17.8 Å². The molecule has 0 bridgehead atoms. The third kappa shape index (κ3) is 12.1. The number of benzene rings is 2. The summed E-state index contributed by atoms with van der Waals surface area (Å²) in [5.74, 6) is -2.01. The summed E-state index contributed by atoms with van der Waals surface area (Å²) in [5, 5.41) is 15.7. The van der Waals surface area contributed by atoms with Crippen LogP contribution in [0.5, 0.6) is 0 Å². The number of hydrogen-bond donors (Lipinski definition) is 3. The van der Waals surface area contributed by atoms with Crippen molar-refractivity contribution in [1.29, 1.82) is 0 Å². The van der Waals surface area contributed by atoms with Gasteiger partial charge in [-0.15, -0.1) is 13.2 Å². The minimum atomic E-state index is -0.657. The maximum atomic E-state index is 13.4. The van der Waals surface area contributed by atoms with E-state index in [0.29, 0.717) is 25.7 Å². The second kappa shape index (κ2) is 17.2. The molecule has 222 valence electrons. The van der Waals surface area contributed by atoms with Crippen LogP contribution in [0.3, 0.4) is 0 Å². The van der Waals surface area contributed by atoms with Gasteiger partial charge in [-0.25, -0.2) is 0 Å². The smallest absolute Gasteiger partial charge is 0.309 e. The summed E-state index contributed by atoms with van der Waals surface area (Å²) in [6, 6.07) is 18.4. The van der Waals surface area contributed by atoms with Crippen LogP contribution in [-0.2, 0) is 32.0 Å². The van der Waals surface area contributed by atoms with Crippen molar-refractivity contribution < 1.29 is 24.2 Å². The lowest BCUT2D eigenvalue weighted by Gasteiger charge is -2.32. The Bertz CT molecular complexity index is 1110. The topological polar surface area (TPSA) is 105 Å². The molecule has 2 rings (SSSR count). The van der Waals surface area contributed by atoms with Gasteiger partial charge in [0.25, 0.3) is 0 Å². The molecule has 4 atom stereocenters. The Morgan fingerprint density at radius 2 is 1.39 bits per heavy atom. The van der Waals surface area contributed by atoms with Gasteiger partial charge in [-0.3, -0.25) is 14.4 Å². The zero-order valence-electron chi connectivity index (χ0n) is 24.7. The van der Waals surface area contributed by atoms with E-state index in [2.05, 4.69) is 23.8 Å². The minimum absolute atomic E-state index is 0.00712. The fourth-order valence-corrected chi connectivity index (χ4v) is 4.50. The van der Waals surface area contributed by atoms with Crippen molar-refractivity contribution in [3.63, 3.8) is 0 Å². The van der Waals surface area contributed by atoms with E-state index in [9.17, 15) is 19.5 Å². The van der Waals surface area contributed by atoms with Crippen molar-refractivity contribution in [3.8, 4) is 0 Å². The number of aliphatic hydroxyl groups excluding tert-OH is 1. The summed E-state index contributed by atoms with van der Waals surface area (Å²) in [6.07, 6.45) is 5.07. The average Bonchev–Trinajstić information content (AvgIpc) is 2.94. The lowest BCUT2D eigenvalue weighted by molar-refractivity contribution is -0.150. The summed E-state index contributed by atoms with van der Waals surface area (Å²) in [7, 11) is 0. The molecule has 0 unspecified atom stereocenters. The molecule has 0 saturated carbocycles. The van der Waals surface area contributed by atoms with E-state index in [-0.39, 0.29) is 43.3 Å². The maximum Gasteiger partial charge on any atom is 0.309 e. The second-order valence-corrected chi connectivity index (χ2v) is 11.5. The van der Waals surface area contributed by atoms with Gasteiger partial charge in [-0.2, -0.15) is 0 Å². The van der Waals surface area contributed by atoms with Gasteiger partial charge in [0.1, 0.15) is 6.61 Å². The molecule has 2 aromatic rings. The number of esters is 1. The number of hydrogen-bond acceptors (Lipinski definition) is 5. The first-order chi connectivity index (χ1) is 19.6. The number of rotatable bonds is 17. The molecule has 0 saturated heterocycles. The van der Waals surface area contributed by atoms with E-state index in [0.717, 1.165) is 11.1 Å². The number of nitrogens with one attached hydrogen (secondary N) is 2.